The summed E-state index contributed by atoms with van der Waals surface area (Å²) < 4.78 is 40.1. The molecule has 1 aromatic carbocycles. The number of thioether (sulfide) groups is 1. The molecule has 0 saturated carbocycles. The van der Waals surface area contributed by atoms with E-state index in [2.05, 4.69) is 15.3 Å². The number of fused-ring (bicyclic) bond motifs is 1. The SMILES string of the molecule is CSc1ccc(CN(C)C(=O)C2CCN(c3ccc4nnc(C(F)(F)F)n4n3)CC2)cc1. The van der Waals surface area contributed by atoms with Gasteiger partial charge in [-0.15, -0.1) is 27.1 Å². The van der Waals surface area contributed by atoms with Crippen LogP contribution >= 0.6 is 11.8 Å². The van der Waals surface area contributed by atoms with Crippen LogP contribution in [0.1, 0.15) is 24.2 Å². The van der Waals surface area contributed by atoms with Gasteiger partial charge in [0.2, 0.25) is 5.91 Å². The molecule has 0 bridgehead atoms. The predicted octanol–water partition coefficient (Wildman–Crippen LogP) is 3.74. The standard InChI is InChI=1S/C21H23F3N6OS/c1-28(13-14-3-5-16(32-2)6-4-14)19(31)15-9-11-29(12-10-15)18-8-7-17-25-26-20(21(22,23)24)30(17)27-18/h3-8,15H,9-13H2,1-2H3. The maximum atomic E-state index is 13.1. The quantitative estimate of drug-likeness (QED) is 0.536. The van der Waals surface area contributed by atoms with Gasteiger partial charge >= 0.3 is 6.18 Å². The van der Waals surface area contributed by atoms with E-state index in [1.807, 2.05) is 35.4 Å². The van der Waals surface area contributed by atoms with Gasteiger partial charge in [-0.1, -0.05) is 12.1 Å². The maximum Gasteiger partial charge on any atom is 0.453 e. The summed E-state index contributed by atoms with van der Waals surface area (Å²) in [6.45, 7) is 1.61. The van der Waals surface area contributed by atoms with E-state index in [4.69, 9.17) is 0 Å². The number of amides is 1. The second-order valence-corrected chi connectivity index (χ2v) is 8.67. The van der Waals surface area contributed by atoms with Crippen LogP contribution in [-0.2, 0) is 17.5 Å². The average molecular weight is 465 g/mol. The molecule has 0 spiro atoms. The van der Waals surface area contributed by atoms with E-state index in [-0.39, 0.29) is 17.5 Å². The highest BCUT2D eigenvalue weighted by Crippen LogP contribution is 2.29. The molecule has 170 valence electrons. The lowest BCUT2D eigenvalue weighted by Crippen LogP contribution is -2.41. The molecule has 1 fully saturated rings. The number of anilines is 1. The fraction of sp³-hybridized carbons (Fsp3) is 0.429. The molecule has 0 radical (unpaired) electrons. The van der Waals surface area contributed by atoms with Gasteiger partial charge in [-0.05, 0) is 48.9 Å². The number of hydrogen-bond acceptors (Lipinski definition) is 6. The van der Waals surface area contributed by atoms with Gasteiger partial charge < -0.3 is 9.80 Å². The average Bonchev–Trinajstić information content (AvgIpc) is 3.23. The highest BCUT2D eigenvalue weighted by molar-refractivity contribution is 7.98. The number of halogens is 3. The summed E-state index contributed by atoms with van der Waals surface area (Å²) in [5.74, 6) is -0.770. The molecule has 1 saturated heterocycles. The third-order valence-electron chi connectivity index (χ3n) is 5.63. The minimum Gasteiger partial charge on any atom is -0.355 e. The number of nitrogens with zero attached hydrogens (tertiary/aromatic N) is 6. The van der Waals surface area contributed by atoms with E-state index < -0.39 is 12.0 Å². The van der Waals surface area contributed by atoms with Gasteiger partial charge in [0.1, 0.15) is 5.82 Å². The third kappa shape index (κ3) is 4.67. The molecule has 0 aliphatic carbocycles. The van der Waals surface area contributed by atoms with Crippen LogP contribution in [0.15, 0.2) is 41.3 Å². The smallest absolute Gasteiger partial charge is 0.355 e. The van der Waals surface area contributed by atoms with Crippen molar-refractivity contribution in [3.63, 3.8) is 0 Å². The van der Waals surface area contributed by atoms with Crippen molar-refractivity contribution in [2.24, 2.45) is 5.92 Å². The van der Waals surface area contributed by atoms with Crippen LogP contribution in [0, 0.1) is 5.92 Å². The van der Waals surface area contributed by atoms with Gasteiger partial charge in [0.25, 0.3) is 5.82 Å². The van der Waals surface area contributed by atoms with Crippen LogP contribution in [0.4, 0.5) is 19.0 Å². The van der Waals surface area contributed by atoms with Gasteiger partial charge in [0, 0.05) is 37.5 Å². The minimum absolute atomic E-state index is 0.0401. The normalized spacial score (nSPS) is 15.3. The van der Waals surface area contributed by atoms with Crippen molar-refractivity contribution in [1.82, 2.24) is 24.7 Å². The first kappa shape index (κ1) is 22.4. The molecule has 32 heavy (non-hydrogen) atoms. The minimum atomic E-state index is -4.63. The van der Waals surface area contributed by atoms with Crippen molar-refractivity contribution in [2.45, 2.75) is 30.5 Å². The molecule has 2 aromatic heterocycles. The molecule has 0 atom stereocenters. The molecule has 7 nitrogen and oxygen atoms in total. The van der Waals surface area contributed by atoms with Crippen molar-refractivity contribution < 1.29 is 18.0 Å². The molecule has 1 amide bonds. The summed E-state index contributed by atoms with van der Waals surface area (Å²) >= 11 is 1.67. The number of aromatic nitrogens is 4. The summed E-state index contributed by atoms with van der Waals surface area (Å²) in [5, 5.41) is 10.8. The molecule has 3 heterocycles. The van der Waals surface area contributed by atoms with E-state index in [1.54, 1.807) is 29.8 Å². The maximum absolute atomic E-state index is 13.1. The fourth-order valence-corrected chi connectivity index (χ4v) is 4.28. The number of rotatable bonds is 5. The van der Waals surface area contributed by atoms with Crippen molar-refractivity contribution in [3.8, 4) is 0 Å². The zero-order chi connectivity index (χ0) is 22.9. The van der Waals surface area contributed by atoms with E-state index in [0.29, 0.717) is 38.3 Å². The zero-order valence-corrected chi connectivity index (χ0v) is 18.5. The van der Waals surface area contributed by atoms with Crippen LogP contribution in [0.25, 0.3) is 5.65 Å². The molecule has 1 aliphatic rings. The summed E-state index contributed by atoms with van der Waals surface area (Å²) in [7, 11) is 1.80. The molecule has 4 rings (SSSR count). The number of carbonyl (C=O) groups is 1. The fourth-order valence-electron chi connectivity index (χ4n) is 3.87. The Morgan fingerprint density at radius 1 is 1.12 bits per heavy atom. The predicted molar refractivity (Wildman–Crippen MR) is 115 cm³/mol. The Kier molecular flexibility index (Phi) is 6.27. The van der Waals surface area contributed by atoms with Crippen LogP contribution in [0.5, 0.6) is 0 Å². The lowest BCUT2D eigenvalue weighted by atomic mass is 9.95. The Morgan fingerprint density at radius 2 is 1.81 bits per heavy atom. The Balaban J connectivity index is 1.38. The van der Waals surface area contributed by atoms with Gasteiger partial charge in [-0.2, -0.15) is 17.7 Å². The highest BCUT2D eigenvalue weighted by Gasteiger charge is 2.38. The number of piperidine rings is 1. The number of alkyl halides is 3. The number of hydrogen-bond donors (Lipinski definition) is 0. The first-order valence-corrected chi connectivity index (χ1v) is 11.4. The van der Waals surface area contributed by atoms with Crippen molar-refractivity contribution in [2.75, 3.05) is 31.3 Å². The second kappa shape index (κ2) is 8.97. The summed E-state index contributed by atoms with van der Waals surface area (Å²) in [4.78, 5) is 17.7. The third-order valence-corrected chi connectivity index (χ3v) is 6.37. The molecule has 0 unspecified atom stereocenters. The van der Waals surface area contributed by atoms with Crippen molar-refractivity contribution in [1.29, 1.82) is 0 Å². The lowest BCUT2D eigenvalue weighted by molar-refractivity contribution is -0.146. The first-order valence-electron chi connectivity index (χ1n) is 10.2. The molecular formula is C21H23F3N6OS. The Labute approximate surface area is 187 Å². The highest BCUT2D eigenvalue weighted by atomic mass is 32.2. The monoisotopic (exact) mass is 464 g/mol. The molecule has 0 N–H and O–H groups in total. The van der Waals surface area contributed by atoms with Crippen LogP contribution in [-0.4, -0.2) is 57.0 Å². The van der Waals surface area contributed by atoms with Crippen LogP contribution < -0.4 is 4.90 Å². The lowest BCUT2D eigenvalue weighted by Gasteiger charge is -2.33. The second-order valence-electron chi connectivity index (χ2n) is 7.79. The topological polar surface area (TPSA) is 66.6 Å². The summed E-state index contributed by atoms with van der Waals surface area (Å²) in [6.07, 6.45) is -1.39. The molecule has 11 heteroatoms. The van der Waals surface area contributed by atoms with E-state index >= 15 is 0 Å². The Hall–Kier alpha value is -2.82. The zero-order valence-electron chi connectivity index (χ0n) is 17.7. The van der Waals surface area contributed by atoms with Gasteiger partial charge in [-0.25, -0.2) is 0 Å². The summed E-state index contributed by atoms with van der Waals surface area (Å²) in [5.41, 5.74) is 1.11. The van der Waals surface area contributed by atoms with E-state index in [9.17, 15) is 18.0 Å². The van der Waals surface area contributed by atoms with Crippen LogP contribution in [0.2, 0.25) is 0 Å². The van der Waals surface area contributed by atoms with Crippen molar-refractivity contribution >= 4 is 29.1 Å². The van der Waals surface area contributed by atoms with Gasteiger partial charge in [0.05, 0.1) is 0 Å². The largest absolute Gasteiger partial charge is 0.453 e. The van der Waals surface area contributed by atoms with Gasteiger partial charge in [-0.3, -0.25) is 4.79 Å². The number of carbonyl (C=O) groups excluding carboxylic acids is 1. The van der Waals surface area contributed by atoms with E-state index in [1.165, 1.54) is 11.0 Å². The van der Waals surface area contributed by atoms with Gasteiger partial charge in [0.15, 0.2) is 5.65 Å². The summed E-state index contributed by atoms with van der Waals surface area (Å²) in [6, 6.07) is 11.2. The number of benzene rings is 1. The molecule has 3 aromatic rings. The van der Waals surface area contributed by atoms with E-state index in [0.717, 1.165) is 10.1 Å². The molecule has 1 aliphatic heterocycles. The Morgan fingerprint density at radius 3 is 2.44 bits per heavy atom. The Bertz CT molecular complexity index is 1090. The molecular weight excluding hydrogens is 441 g/mol. The van der Waals surface area contributed by atoms with Crippen molar-refractivity contribution in [3.05, 3.63) is 47.8 Å². The van der Waals surface area contributed by atoms with Crippen LogP contribution in [0.3, 0.4) is 0 Å². The first-order chi connectivity index (χ1) is 15.3.